The topological polar surface area (TPSA) is 104 Å². The van der Waals surface area contributed by atoms with E-state index in [1.54, 1.807) is 6.07 Å². The van der Waals surface area contributed by atoms with Crippen molar-refractivity contribution in [2.24, 2.45) is 0 Å². The summed E-state index contributed by atoms with van der Waals surface area (Å²) in [7, 11) is 0. The van der Waals surface area contributed by atoms with Crippen LogP contribution in [0.25, 0.3) is 6.08 Å². The molecule has 0 aliphatic carbocycles. The fourth-order valence-corrected chi connectivity index (χ4v) is 1.52. The van der Waals surface area contributed by atoms with Gasteiger partial charge in [0, 0.05) is 18.1 Å². The first kappa shape index (κ1) is 20.3. The minimum Gasteiger partial charge on any atom is -0.481 e. The summed E-state index contributed by atoms with van der Waals surface area (Å²) in [4.78, 5) is 32.8. The Hall–Kier alpha value is -1.70. The zero-order valence-corrected chi connectivity index (χ0v) is 14.0. The molecule has 0 radical (unpaired) electrons. The van der Waals surface area contributed by atoms with Gasteiger partial charge in [-0.1, -0.05) is 18.2 Å². The third-order valence-electron chi connectivity index (χ3n) is 2.58. The van der Waals surface area contributed by atoms with Gasteiger partial charge in [0.1, 0.15) is 11.9 Å². The van der Waals surface area contributed by atoms with Gasteiger partial charge in [-0.25, -0.2) is 9.18 Å². The van der Waals surface area contributed by atoms with Gasteiger partial charge in [0.25, 0.3) is 0 Å². The first-order valence-electron chi connectivity index (χ1n) is 6.08. The van der Waals surface area contributed by atoms with Crippen molar-refractivity contribution in [3.05, 3.63) is 41.7 Å². The normalized spacial score (nSPS) is 11.5. The van der Waals surface area contributed by atoms with Gasteiger partial charge in [-0.3, -0.25) is 9.59 Å². The number of rotatable bonds is 7. The van der Waals surface area contributed by atoms with Crippen molar-refractivity contribution in [3.63, 3.8) is 0 Å². The minimum atomic E-state index is -1.33. The van der Waals surface area contributed by atoms with Gasteiger partial charge in [-0.2, -0.15) is 0 Å². The van der Waals surface area contributed by atoms with Crippen molar-refractivity contribution < 1.29 is 58.5 Å². The predicted octanol–water partition coefficient (Wildman–Crippen LogP) is -1.72. The molecule has 8 heteroatoms. The van der Waals surface area contributed by atoms with Gasteiger partial charge in [0.05, 0.1) is 0 Å². The Labute approximate surface area is 148 Å². The number of nitrogens with one attached hydrogen (secondary N) is 1. The van der Waals surface area contributed by atoms with Crippen molar-refractivity contribution in [3.8, 4) is 0 Å². The molecule has 0 unspecified atom stereocenters. The van der Waals surface area contributed by atoms with Crippen LogP contribution in [0.3, 0.4) is 0 Å². The van der Waals surface area contributed by atoms with Crippen LogP contribution in [0.15, 0.2) is 30.3 Å². The maximum absolute atomic E-state index is 13.3. The molecule has 22 heavy (non-hydrogen) atoms. The number of carbonyl (C=O) groups excluding carboxylic acids is 1. The molecule has 1 amide bonds. The molecule has 1 atom stereocenters. The molecule has 0 bridgehead atoms. The Morgan fingerprint density at radius 3 is 2.41 bits per heavy atom. The number of hydrogen-bond donors (Lipinski definition) is 3. The van der Waals surface area contributed by atoms with Crippen LogP contribution in [0.5, 0.6) is 0 Å². The smallest absolute Gasteiger partial charge is 0.481 e. The molecule has 112 valence electrons. The number of hydrogen-bond acceptors (Lipinski definition) is 3. The number of aliphatic carboxylic acids is 2. The van der Waals surface area contributed by atoms with E-state index in [1.165, 1.54) is 24.3 Å². The molecule has 0 aliphatic rings. The van der Waals surface area contributed by atoms with Crippen molar-refractivity contribution >= 4 is 23.9 Å². The summed E-state index contributed by atoms with van der Waals surface area (Å²) in [6.07, 6.45) is 1.59. The summed E-state index contributed by atoms with van der Waals surface area (Å²) in [6, 6.07) is 4.47. The molecule has 6 nitrogen and oxygen atoms in total. The van der Waals surface area contributed by atoms with Gasteiger partial charge < -0.3 is 15.5 Å². The molecule has 0 saturated carbocycles. The Kier molecular flexibility index (Phi) is 9.32. The molecule has 1 aromatic carbocycles. The monoisotopic (exact) mass is 318 g/mol. The van der Waals surface area contributed by atoms with Crippen molar-refractivity contribution in [2.75, 3.05) is 0 Å². The molecule has 0 aliphatic heterocycles. The van der Waals surface area contributed by atoms with E-state index in [-0.39, 0.29) is 48.0 Å². The van der Waals surface area contributed by atoms with E-state index in [4.69, 9.17) is 10.2 Å². The van der Waals surface area contributed by atoms with Crippen LogP contribution in [-0.2, 0) is 14.4 Å². The summed E-state index contributed by atoms with van der Waals surface area (Å²) in [5.41, 5.74) is 0.185. The van der Waals surface area contributed by atoms with E-state index in [1.807, 2.05) is 0 Å². The average Bonchev–Trinajstić information content (AvgIpc) is 2.42. The van der Waals surface area contributed by atoms with Crippen LogP contribution < -0.4 is 34.9 Å². The fourth-order valence-electron chi connectivity index (χ4n) is 1.52. The first-order chi connectivity index (χ1) is 9.90. The van der Waals surface area contributed by atoms with Crippen LogP contribution in [-0.4, -0.2) is 34.1 Å². The molecule has 1 aromatic rings. The second-order valence-corrected chi connectivity index (χ2v) is 4.19. The van der Waals surface area contributed by atoms with E-state index in [9.17, 15) is 18.8 Å². The largest absolute Gasteiger partial charge is 1.00 e. The molecule has 0 fully saturated rings. The van der Waals surface area contributed by atoms with Crippen LogP contribution in [0.2, 0.25) is 0 Å². The summed E-state index contributed by atoms with van der Waals surface area (Å²) in [5.74, 6) is -3.74. The summed E-state index contributed by atoms with van der Waals surface area (Å²) in [6.45, 7) is 0. The second kappa shape index (κ2) is 10.1. The third kappa shape index (κ3) is 7.35. The third-order valence-corrected chi connectivity index (χ3v) is 2.58. The first-order valence-corrected chi connectivity index (χ1v) is 6.08. The fraction of sp³-hybridized carbons (Fsp3) is 0.214. The SMILES string of the molecule is O=C(O)CC[C@H](NC(=O)/C=C/c1ccccc1F)C(=O)O.[Na+]. The standard InChI is InChI=1S/C14H14FNO5.Na/c15-10-4-2-1-3-9(10)5-7-12(17)16-11(14(20)21)6-8-13(18)19;/h1-5,7,11H,6,8H2,(H,16,17)(H,18,19)(H,20,21);/q;+1/b7-5+;/t11-;/m0./s1. The van der Waals surface area contributed by atoms with Gasteiger partial charge >= 0.3 is 41.5 Å². The molecule has 0 spiro atoms. The van der Waals surface area contributed by atoms with E-state index in [2.05, 4.69) is 5.32 Å². The number of carboxylic acid groups (broad SMARTS) is 2. The minimum absolute atomic E-state index is 0. The Bertz CT molecular complexity index is 576. The van der Waals surface area contributed by atoms with Crippen molar-refractivity contribution in [1.29, 1.82) is 0 Å². The van der Waals surface area contributed by atoms with Gasteiger partial charge in [0.2, 0.25) is 5.91 Å². The van der Waals surface area contributed by atoms with E-state index < -0.39 is 29.7 Å². The van der Waals surface area contributed by atoms with Gasteiger partial charge in [-0.15, -0.1) is 0 Å². The maximum Gasteiger partial charge on any atom is 1.00 e. The number of carbonyl (C=O) groups is 3. The molecule has 0 aromatic heterocycles. The summed E-state index contributed by atoms with van der Waals surface area (Å²) >= 11 is 0. The van der Waals surface area contributed by atoms with Crippen molar-refractivity contribution in [1.82, 2.24) is 5.32 Å². The second-order valence-electron chi connectivity index (χ2n) is 4.19. The number of amides is 1. The molecular weight excluding hydrogens is 304 g/mol. The van der Waals surface area contributed by atoms with Gasteiger partial charge in [0.15, 0.2) is 0 Å². The molecule has 0 heterocycles. The number of halogens is 1. The Morgan fingerprint density at radius 2 is 1.86 bits per heavy atom. The zero-order chi connectivity index (χ0) is 15.8. The average molecular weight is 318 g/mol. The van der Waals surface area contributed by atoms with E-state index >= 15 is 0 Å². The predicted molar refractivity (Wildman–Crippen MR) is 71.9 cm³/mol. The molecule has 3 N–H and O–H groups in total. The van der Waals surface area contributed by atoms with Crippen molar-refractivity contribution in [2.45, 2.75) is 18.9 Å². The number of benzene rings is 1. The quantitative estimate of drug-likeness (QED) is 0.410. The zero-order valence-electron chi connectivity index (χ0n) is 12.0. The van der Waals surface area contributed by atoms with E-state index in [0.29, 0.717) is 0 Å². The van der Waals surface area contributed by atoms with Crippen LogP contribution in [0.4, 0.5) is 4.39 Å². The maximum atomic E-state index is 13.3. The molecule has 1 rings (SSSR count). The Morgan fingerprint density at radius 1 is 1.23 bits per heavy atom. The van der Waals surface area contributed by atoms with Crippen LogP contribution in [0.1, 0.15) is 18.4 Å². The Balaban J connectivity index is 0.00000441. The molecular formula is C14H14FNNaO5+. The van der Waals surface area contributed by atoms with E-state index in [0.717, 1.165) is 6.08 Å². The summed E-state index contributed by atoms with van der Waals surface area (Å²) < 4.78 is 13.3. The van der Waals surface area contributed by atoms with Crippen LogP contribution in [0, 0.1) is 5.82 Å². The van der Waals surface area contributed by atoms with Crippen LogP contribution >= 0.6 is 0 Å². The van der Waals surface area contributed by atoms with Gasteiger partial charge in [-0.05, 0) is 18.6 Å². The summed E-state index contributed by atoms with van der Waals surface area (Å²) in [5, 5.41) is 19.5. The number of carboxylic acids is 2. The molecule has 0 saturated heterocycles.